The number of halogens is 1. The minimum atomic E-state index is -0.390. The minimum Gasteiger partial charge on any atom is -0.459 e. The number of amides is 2. The number of ether oxygens (including phenoxy) is 1. The van der Waals surface area contributed by atoms with Crippen molar-refractivity contribution in [1.29, 1.82) is 0 Å². The van der Waals surface area contributed by atoms with Gasteiger partial charge in [0.15, 0.2) is 11.5 Å². The molecule has 0 saturated heterocycles. The fourth-order valence-corrected chi connectivity index (χ4v) is 2.66. The van der Waals surface area contributed by atoms with Crippen LogP contribution in [0.2, 0.25) is 5.02 Å². The average Bonchev–Trinajstić information content (AvgIpc) is 3.19. The molecule has 7 heteroatoms. The Morgan fingerprint density at radius 1 is 1.14 bits per heavy atom. The Kier molecular flexibility index (Phi) is 6.01. The van der Waals surface area contributed by atoms with Crippen LogP contribution in [0.15, 0.2) is 65.3 Å². The highest BCUT2D eigenvalue weighted by Gasteiger charge is 2.18. The number of aryl methyl sites for hydroxylation is 1. The van der Waals surface area contributed by atoms with Crippen molar-refractivity contribution >= 4 is 29.1 Å². The first kappa shape index (κ1) is 19.5. The van der Waals surface area contributed by atoms with E-state index in [0.29, 0.717) is 22.2 Å². The summed E-state index contributed by atoms with van der Waals surface area (Å²) < 4.78 is 10.9. The zero-order valence-corrected chi connectivity index (χ0v) is 16.2. The monoisotopic (exact) mass is 398 g/mol. The number of hydrogen-bond donors (Lipinski definition) is 1. The van der Waals surface area contributed by atoms with E-state index in [-0.39, 0.29) is 18.2 Å². The van der Waals surface area contributed by atoms with Gasteiger partial charge in [-0.3, -0.25) is 9.59 Å². The number of nitrogens with zero attached hydrogens (tertiary/aromatic N) is 1. The number of nitrogens with one attached hydrogen (secondary N) is 1. The van der Waals surface area contributed by atoms with Gasteiger partial charge in [-0.2, -0.15) is 0 Å². The van der Waals surface area contributed by atoms with Gasteiger partial charge in [-0.1, -0.05) is 29.3 Å². The lowest BCUT2D eigenvalue weighted by Gasteiger charge is -2.17. The van der Waals surface area contributed by atoms with Gasteiger partial charge in [0.1, 0.15) is 5.75 Å². The number of hydrogen-bond acceptors (Lipinski definition) is 4. The van der Waals surface area contributed by atoms with Crippen molar-refractivity contribution in [3.8, 4) is 11.5 Å². The van der Waals surface area contributed by atoms with Crippen LogP contribution in [0.3, 0.4) is 0 Å². The highest BCUT2D eigenvalue weighted by atomic mass is 35.5. The molecule has 2 amide bonds. The summed E-state index contributed by atoms with van der Waals surface area (Å²) in [5, 5.41) is 3.19. The molecule has 0 spiro atoms. The van der Waals surface area contributed by atoms with Crippen LogP contribution in [0.5, 0.6) is 11.5 Å². The lowest BCUT2D eigenvalue weighted by molar-refractivity contribution is -0.116. The Bertz CT molecular complexity index is 969. The highest BCUT2D eigenvalue weighted by Crippen LogP contribution is 2.32. The SMILES string of the molecule is Cc1ccc(Oc2ccc(Cl)cc2NC(=O)CN(C)C(=O)c2ccco2)cc1. The second-order valence-corrected chi connectivity index (χ2v) is 6.68. The number of carbonyl (C=O) groups excluding carboxylic acids is 2. The van der Waals surface area contributed by atoms with Gasteiger partial charge in [-0.05, 0) is 49.4 Å². The van der Waals surface area contributed by atoms with Crippen LogP contribution in [-0.4, -0.2) is 30.3 Å². The third-order valence-corrected chi connectivity index (χ3v) is 4.16. The summed E-state index contributed by atoms with van der Waals surface area (Å²) in [6.45, 7) is 1.83. The van der Waals surface area contributed by atoms with E-state index in [0.717, 1.165) is 5.56 Å². The maximum absolute atomic E-state index is 12.4. The van der Waals surface area contributed by atoms with Gasteiger partial charge in [0.05, 0.1) is 18.5 Å². The smallest absolute Gasteiger partial charge is 0.289 e. The van der Waals surface area contributed by atoms with Crippen molar-refractivity contribution in [2.45, 2.75) is 6.92 Å². The van der Waals surface area contributed by atoms with Crippen molar-refractivity contribution in [2.75, 3.05) is 18.9 Å². The van der Waals surface area contributed by atoms with Crippen molar-refractivity contribution in [3.63, 3.8) is 0 Å². The zero-order chi connectivity index (χ0) is 20.1. The van der Waals surface area contributed by atoms with E-state index in [1.165, 1.54) is 18.2 Å². The highest BCUT2D eigenvalue weighted by molar-refractivity contribution is 6.31. The molecule has 2 aromatic carbocycles. The van der Waals surface area contributed by atoms with E-state index < -0.39 is 5.91 Å². The quantitative estimate of drug-likeness (QED) is 0.650. The number of benzene rings is 2. The first-order valence-electron chi connectivity index (χ1n) is 8.55. The predicted octanol–water partition coefficient (Wildman–Crippen LogP) is 4.74. The van der Waals surface area contributed by atoms with Gasteiger partial charge in [0, 0.05) is 12.1 Å². The van der Waals surface area contributed by atoms with Crippen molar-refractivity contribution in [3.05, 3.63) is 77.2 Å². The Morgan fingerprint density at radius 3 is 2.57 bits per heavy atom. The molecule has 144 valence electrons. The first-order valence-corrected chi connectivity index (χ1v) is 8.93. The molecule has 1 heterocycles. The second-order valence-electron chi connectivity index (χ2n) is 6.24. The lowest BCUT2D eigenvalue weighted by atomic mass is 10.2. The first-order chi connectivity index (χ1) is 13.4. The van der Waals surface area contributed by atoms with E-state index in [4.69, 9.17) is 20.8 Å². The van der Waals surface area contributed by atoms with Crippen molar-refractivity contribution in [1.82, 2.24) is 4.90 Å². The topological polar surface area (TPSA) is 71.8 Å². The lowest BCUT2D eigenvalue weighted by Crippen LogP contribution is -2.34. The number of anilines is 1. The molecule has 3 rings (SSSR count). The molecule has 28 heavy (non-hydrogen) atoms. The van der Waals surface area contributed by atoms with E-state index in [1.807, 2.05) is 31.2 Å². The summed E-state index contributed by atoms with van der Waals surface area (Å²) in [6.07, 6.45) is 1.40. The zero-order valence-electron chi connectivity index (χ0n) is 15.4. The summed E-state index contributed by atoms with van der Waals surface area (Å²) in [5.41, 5.74) is 1.53. The molecule has 0 bridgehead atoms. The molecule has 6 nitrogen and oxygen atoms in total. The number of carbonyl (C=O) groups is 2. The molecule has 0 saturated carbocycles. The minimum absolute atomic E-state index is 0.157. The molecule has 3 aromatic rings. The van der Waals surface area contributed by atoms with Gasteiger partial charge >= 0.3 is 0 Å². The molecule has 0 aliphatic rings. The standard InChI is InChI=1S/C21H19ClN2O4/c1-14-5-8-16(9-6-14)28-18-10-7-15(22)12-17(18)23-20(25)13-24(2)21(26)19-4-3-11-27-19/h3-12H,13H2,1-2H3,(H,23,25). The molecule has 0 radical (unpaired) electrons. The Labute approximate surface area is 167 Å². The molecule has 0 aliphatic carbocycles. The number of likely N-dealkylation sites (N-methyl/N-ethyl adjacent to an activating group) is 1. The van der Waals surface area contributed by atoms with Crippen molar-refractivity contribution in [2.24, 2.45) is 0 Å². The summed E-state index contributed by atoms with van der Waals surface area (Å²) in [5.74, 6) is 0.470. The van der Waals surface area contributed by atoms with Crippen LogP contribution >= 0.6 is 11.6 Å². The van der Waals surface area contributed by atoms with Gasteiger partial charge < -0.3 is 19.4 Å². The maximum atomic E-state index is 12.4. The Hall–Kier alpha value is -3.25. The summed E-state index contributed by atoms with van der Waals surface area (Å²) in [7, 11) is 1.52. The van der Waals surface area contributed by atoms with E-state index >= 15 is 0 Å². The van der Waals surface area contributed by atoms with Crippen LogP contribution in [0.1, 0.15) is 16.1 Å². The Balaban J connectivity index is 1.70. The fraction of sp³-hybridized carbons (Fsp3) is 0.143. The van der Waals surface area contributed by atoms with Gasteiger partial charge in [0.2, 0.25) is 5.91 Å². The predicted molar refractivity (Wildman–Crippen MR) is 107 cm³/mol. The Morgan fingerprint density at radius 2 is 1.89 bits per heavy atom. The molecule has 0 aliphatic heterocycles. The third-order valence-electron chi connectivity index (χ3n) is 3.92. The molecule has 1 N–H and O–H groups in total. The summed E-state index contributed by atoms with van der Waals surface area (Å²) >= 11 is 6.06. The van der Waals surface area contributed by atoms with Crippen molar-refractivity contribution < 1.29 is 18.7 Å². The summed E-state index contributed by atoms with van der Waals surface area (Å²) in [4.78, 5) is 25.9. The second kappa shape index (κ2) is 8.63. The molecule has 0 fully saturated rings. The summed E-state index contributed by atoms with van der Waals surface area (Å²) in [6, 6.07) is 15.6. The molecule has 0 atom stereocenters. The average molecular weight is 399 g/mol. The molecule has 0 unspecified atom stereocenters. The van der Waals surface area contributed by atoms with E-state index in [1.54, 1.807) is 30.3 Å². The van der Waals surface area contributed by atoms with Gasteiger partial charge in [-0.15, -0.1) is 0 Å². The van der Waals surface area contributed by atoms with Crippen LogP contribution in [0.25, 0.3) is 0 Å². The van der Waals surface area contributed by atoms with Gasteiger partial charge in [-0.25, -0.2) is 0 Å². The maximum Gasteiger partial charge on any atom is 0.289 e. The molecule has 1 aromatic heterocycles. The molecular formula is C21H19ClN2O4. The van der Waals surface area contributed by atoms with E-state index in [9.17, 15) is 9.59 Å². The van der Waals surface area contributed by atoms with E-state index in [2.05, 4.69) is 5.32 Å². The van der Waals surface area contributed by atoms with Crippen LogP contribution in [0, 0.1) is 6.92 Å². The number of rotatable bonds is 6. The van der Waals surface area contributed by atoms with Gasteiger partial charge in [0.25, 0.3) is 5.91 Å². The number of furan rings is 1. The largest absolute Gasteiger partial charge is 0.459 e. The normalized spacial score (nSPS) is 10.4. The fourth-order valence-electron chi connectivity index (χ4n) is 2.49. The third kappa shape index (κ3) is 4.92. The molecular weight excluding hydrogens is 380 g/mol. The van der Waals surface area contributed by atoms with Crippen LogP contribution < -0.4 is 10.1 Å². The van der Waals surface area contributed by atoms with Crippen LogP contribution in [0.4, 0.5) is 5.69 Å². The van der Waals surface area contributed by atoms with Crippen LogP contribution in [-0.2, 0) is 4.79 Å².